The summed E-state index contributed by atoms with van der Waals surface area (Å²) in [4.78, 5) is 21.0. The number of primary amides is 1. The molecule has 0 atom stereocenters. The van der Waals surface area contributed by atoms with Gasteiger partial charge in [-0.15, -0.1) is 0 Å². The number of ether oxygens (including phenoxy) is 2. The topological polar surface area (TPSA) is 78.6 Å². The Balaban J connectivity index is 3.66. The maximum Gasteiger partial charge on any atom is 0.407 e. The summed E-state index contributed by atoms with van der Waals surface area (Å²) in [6.45, 7) is 4.66. The molecule has 0 bridgehead atoms. The minimum atomic E-state index is -0.961. The standard InChI is InChI=1S/C7H13NO4/c1-7(2,3)5(9)11-4-12-6(8)10/h4H2,1-3H3,(H2,8,10). The fraction of sp³-hybridized carbons (Fsp3) is 0.714. The van der Waals surface area contributed by atoms with Crippen molar-refractivity contribution >= 4 is 12.1 Å². The van der Waals surface area contributed by atoms with Gasteiger partial charge in [-0.25, -0.2) is 4.79 Å². The van der Waals surface area contributed by atoms with E-state index in [1.54, 1.807) is 20.8 Å². The Hall–Kier alpha value is -1.26. The predicted octanol–water partition coefficient (Wildman–Crippen LogP) is 0.629. The van der Waals surface area contributed by atoms with Crippen LogP contribution in [0.3, 0.4) is 0 Å². The minimum Gasteiger partial charge on any atom is -0.427 e. The van der Waals surface area contributed by atoms with E-state index in [0.29, 0.717) is 0 Å². The summed E-state index contributed by atoms with van der Waals surface area (Å²) in [6.07, 6.45) is -0.961. The number of hydrogen-bond acceptors (Lipinski definition) is 4. The van der Waals surface area contributed by atoms with Crippen molar-refractivity contribution in [1.82, 2.24) is 0 Å². The Morgan fingerprint density at radius 2 is 1.75 bits per heavy atom. The molecule has 0 aromatic heterocycles. The molecule has 70 valence electrons. The van der Waals surface area contributed by atoms with E-state index in [-0.39, 0.29) is 0 Å². The van der Waals surface area contributed by atoms with E-state index < -0.39 is 24.3 Å². The van der Waals surface area contributed by atoms with Crippen molar-refractivity contribution in [1.29, 1.82) is 0 Å². The van der Waals surface area contributed by atoms with E-state index in [1.165, 1.54) is 0 Å². The molecule has 0 heterocycles. The van der Waals surface area contributed by atoms with E-state index in [4.69, 9.17) is 0 Å². The summed E-state index contributed by atoms with van der Waals surface area (Å²) in [6, 6.07) is 0. The Morgan fingerprint density at radius 1 is 1.25 bits per heavy atom. The Morgan fingerprint density at radius 3 is 2.08 bits per heavy atom. The Bertz CT molecular complexity index is 182. The summed E-state index contributed by atoms with van der Waals surface area (Å²) in [5, 5.41) is 0. The van der Waals surface area contributed by atoms with Gasteiger partial charge >= 0.3 is 12.1 Å². The lowest BCUT2D eigenvalue weighted by molar-refractivity contribution is -0.161. The molecule has 0 rings (SSSR count). The van der Waals surface area contributed by atoms with Crippen LogP contribution in [0.5, 0.6) is 0 Å². The average Bonchev–Trinajstić information content (AvgIpc) is 1.84. The van der Waals surface area contributed by atoms with E-state index in [2.05, 4.69) is 15.2 Å². The number of hydrogen-bond donors (Lipinski definition) is 1. The third-order valence-corrected chi connectivity index (χ3v) is 1.00. The van der Waals surface area contributed by atoms with Crippen molar-refractivity contribution in [2.24, 2.45) is 11.1 Å². The van der Waals surface area contributed by atoms with Crippen LogP contribution in [0, 0.1) is 5.41 Å². The zero-order valence-electron chi connectivity index (χ0n) is 7.42. The number of esters is 1. The number of carbonyl (C=O) groups excluding carboxylic acids is 2. The van der Waals surface area contributed by atoms with Crippen LogP contribution < -0.4 is 5.73 Å². The summed E-state index contributed by atoms with van der Waals surface area (Å²) in [5.41, 5.74) is 4.04. The smallest absolute Gasteiger partial charge is 0.407 e. The maximum absolute atomic E-state index is 11.0. The maximum atomic E-state index is 11.0. The molecule has 0 aliphatic carbocycles. The van der Waals surface area contributed by atoms with Crippen molar-refractivity contribution in [3.63, 3.8) is 0 Å². The molecule has 0 aliphatic rings. The van der Waals surface area contributed by atoms with Gasteiger partial charge in [0.25, 0.3) is 0 Å². The molecule has 0 unspecified atom stereocenters. The lowest BCUT2D eigenvalue weighted by atomic mass is 9.98. The van der Waals surface area contributed by atoms with Gasteiger partial charge in [-0.3, -0.25) is 4.79 Å². The van der Waals surface area contributed by atoms with Crippen LogP contribution in [0.4, 0.5) is 4.79 Å². The molecule has 2 N–H and O–H groups in total. The summed E-state index contributed by atoms with van der Waals surface area (Å²) in [7, 11) is 0. The molecule has 0 saturated heterocycles. The molecule has 0 aliphatic heterocycles. The summed E-state index contributed by atoms with van der Waals surface area (Å²) < 4.78 is 8.76. The molecule has 12 heavy (non-hydrogen) atoms. The summed E-state index contributed by atoms with van der Waals surface area (Å²) in [5.74, 6) is -0.441. The summed E-state index contributed by atoms with van der Waals surface area (Å²) >= 11 is 0. The van der Waals surface area contributed by atoms with Gasteiger partial charge in [0.1, 0.15) is 0 Å². The predicted molar refractivity (Wildman–Crippen MR) is 41.1 cm³/mol. The molecule has 1 amide bonds. The molecule has 0 aromatic carbocycles. The van der Waals surface area contributed by atoms with Gasteiger partial charge in [0.2, 0.25) is 6.79 Å². The number of rotatable bonds is 2. The highest BCUT2D eigenvalue weighted by Crippen LogP contribution is 2.14. The van der Waals surface area contributed by atoms with Crippen molar-refractivity contribution in [3.8, 4) is 0 Å². The van der Waals surface area contributed by atoms with Crippen LogP contribution in [0.2, 0.25) is 0 Å². The first-order chi connectivity index (χ1) is 5.34. The lowest BCUT2D eigenvalue weighted by Gasteiger charge is -2.15. The molecule has 0 saturated carbocycles. The monoisotopic (exact) mass is 175 g/mol. The second kappa shape index (κ2) is 3.94. The molecule has 5 heteroatoms. The molecule has 0 spiro atoms. The van der Waals surface area contributed by atoms with Crippen molar-refractivity contribution < 1.29 is 19.1 Å². The molecule has 0 fully saturated rings. The van der Waals surface area contributed by atoms with Crippen molar-refractivity contribution in [2.45, 2.75) is 20.8 Å². The van der Waals surface area contributed by atoms with Gasteiger partial charge in [-0.05, 0) is 20.8 Å². The van der Waals surface area contributed by atoms with Crippen LogP contribution >= 0.6 is 0 Å². The number of nitrogens with two attached hydrogens (primary N) is 1. The zero-order chi connectivity index (χ0) is 9.78. The van der Waals surface area contributed by atoms with Crippen LogP contribution in [-0.2, 0) is 14.3 Å². The van der Waals surface area contributed by atoms with Gasteiger partial charge in [-0.1, -0.05) is 0 Å². The Labute approximate surface area is 70.8 Å². The third-order valence-electron chi connectivity index (χ3n) is 1.00. The van der Waals surface area contributed by atoms with E-state index >= 15 is 0 Å². The largest absolute Gasteiger partial charge is 0.427 e. The molecule has 0 radical (unpaired) electrons. The highest BCUT2D eigenvalue weighted by atomic mass is 16.7. The molecule has 5 nitrogen and oxygen atoms in total. The average molecular weight is 175 g/mol. The number of carbonyl (C=O) groups is 2. The van der Waals surface area contributed by atoms with Crippen LogP contribution in [0.1, 0.15) is 20.8 Å². The van der Waals surface area contributed by atoms with Crippen LogP contribution in [0.25, 0.3) is 0 Å². The first kappa shape index (κ1) is 10.7. The van der Waals surface area contributed by atoms with Crippen LogP contribution in [0.15, 0.2) is 0 Å². The first-order valence-corrected chi connectivity index (χ1v) is 3.43. The third kappa shape index (κ3) is 4.54. The Kier molecular flexibility index (Phi) is 3.53. The van der Waals surface area contributed by atoms with Crippen LogP contribution in [-0.4, -0.2) is 18.9 Å². The minimum absolute atomic E-state index is 0.425. The second-order valence-electron chi connectivity index (χ2n) is 3.26. The van der Waals surface area contributed by atoms with Crippen molar-refractivity contribution in [3.05, 3.63) is 0 Å². The quantitative estimate of drug-likeness (QED) is 0.493. The molecular formula is C7H13NO4. The second-order valence-corrected chi connectivity index (χ2v) is 3.26. The normalized spacial score (nSPS) is 10.6. The van der Waals surface area contributed by atoms with E-state index in [0.717, 1.165) is 0 Å². The molecule has 0 aromatic rings. The zero-order valence-corrected chi connectivity index (χ0v) is 7.42. The number of amides is 1. The van der Waals surface area contributed by atoms with Gasteiger partial charge in [-0.2, -0.15) is 0 Å². The highest BCUT2D eigenvalue weighted by molar-refractivity contribution is 5.75. The van der Waals surface area contributed by atoms with Crippen molar-refractivity contribution in [2.75, 3.05) is 6.79 Å². The van der Waals surface area contributed by atoms with Gasteiger partial charge in [0, 0.05) is 0 Å². The molecular weight excluding hydrogens is 162 g/mol. The van der Waals surface area contributed by atoms with Gasteiger partial charge in [0.05, 0.1) is 5.41 Å². The SMILES string of the molecule is CC(C)(C)C(=O)OCOC(N)=O. The fourth-order valence-corrected chi connectivity index (χ4v) is 0.358. The van der Waals surface area contributed by atoms with E-state index in [1.807, 2.05) is 0 Å². The fourth-order valence-electron chi connectivity index (χ4n) is 0.358. The van der Waals surface area contributed by atoms with E-state index in [9.17, 15) is 9.59 Å². The highest BCUT2D eigenvalue weighted by Gasteiger charge is 2.23. The lowest BCUT2D eigenvalue weighted by Crippen LogP contribution is -2.25. The van der Waals surface area contributed by atoms with Gasteiger partial charge < -0.3 is 15.2 Å². The van der Waals surface area contributed by atoms with Gasteiger partial charge in [0.15, 0.2) is 0 Å². The first-order valence-electron chi connectivity index (χ1n) is 3.43.